The second-order valence-electron chi connectivity index (χ2n) is 5.07. The van der Waals surface area contributed by atoms with Crippen LogP contribution in [0.1, 0.15) is 38.2 Å². The SMILES string of the molecule is CCCC[C@H](NC(=O)CCc1ccc(OC)c(Br)c1)C(=O)O. The number of carbonyl (C=O) groups is 2. The lowest BCUT2D eigenvalue weighted by atomic mass is 10.1. The summed E-state index contributed by atoms with van der Waals surface area (Å²) in [4.78, 5) is 23.0. The maximum absolute atomic E-state index is 11.9. The quantitative estimate of drug-likeness (QED) is 0.698. The van der Waals surface area contributed by atoms with E-state index in [4.69, 9.17) is 9.84 Å². The fourth-order valence-corrected chi connectivity index (χ4v) is 2.64. The Morgan fingerprint density at radius 1 is 1.41 bits per heavy atom. The second kappa shape index (κ2) is 9.46. The van der Waals surface area contributed by atoms with Crippen molar-refractivity contribution in [3.05, 3.63) is 28.2 Å². The molecule has 5 nitrogen and oxygen atoms in total. The molecular weight excluding hydrogens is 350 g/mol. The van der Waals surface area contributed by atoms with Crippen LogP contribution in [0.2, 0.25) is 0 Å². The highest BCUT2D eigenvalue weighted by Gasteiger charge is 2.18. The van der Waals surface area contributed by atoms with E-state index in [1.165, 1.54) is 0 Å². The van der Waals surface area contributed by atoms with Gasteiger partial charge in [0, 0.05) is 6.42 Å². The third-order valence-electron chi connectivity index (χ3n) is 3.34. The van der Waals surface area contributed by atoms with E-state index in [1.54, 1.807) is 7.11 Å². The molecule has 0 aliphatic rings. The van der Waals surface area contributed by atoms with Gasteiger partial charge in [0.15, 0.2) is 0 Å². The Labute approximate surface area is 139 Å². The molecule has 0 aliphatic heterocycles. The van der Waals surface area contributed by atoms with Crippen LogP contribution >= 0.6 is 15.9 Å². The number of hydrogen-bond donors (Lipinski definition) is 2. The predicted octanol–water partition coefficient (Wildman–Crippen LogP) is 3.15. The number of nitrogens with one attached hydrogen (secondary N) is 1. The second-order valence-corrected chi connectivity index (χ2v) is 5.92. The van der Waals surface area contributed by atoms with Gasteiger partial charge < -0.3 is 15.2 Å². The molecule has 0 aromatic heterocycles. The number of carboxylic acid groups (broad SMARTS) is 1. The van der Waals surface area contributed by atoms with Crippen LogP contribution in [0.4, 0.5) is 0 Å². The minimum atomic E-state index is -0.978. The zero-order valence-corrected chi connectivity index (χ0v) is 14.5. The summed E-state index contributed by atoms with van der Waals surface area (Å²) in [6, 6.07) is 4.83. The summed E-state index contributed by atoms with van der Waals surface area (Å²) in [6.45, 7) is 1.99. The fourth-order valence-electron chi connectivity index (χ4n) is 2.06. The highest BCUT2D eigenvalue weighted by Crippen LogP contribution is 2.25. The minimum Gasteiger partial charge on any atom is -0.496 e. The molecule has 0 saturated heterocycles. The van der Waals surface area contributed by atoms with Gasteiger partial charge >= 0.3 is 5.97 Å². The van der Waals surface area contributed by atoms with Crippen LogP contribution in [0, 0.1) is 0 Å². The van der Waals surface area contributed by atoms with E-state index >= 15 is 0 Å². The van der Waals surface area contributed by atoms with Gasteiger partial charge in [-0.05, 0) is 46.5 Å². The highest BCUT2D eigenvalue weighted by atomic mass is 79.9. The minimum absolute atomic E-state index is 0.240. The maximum Gasteiger partial charge on any atom is 0.326 e. The smallest absolute Gasteiger partial charge is 0.326 e. The molecule has 122 valence electrons. The van der Waals surface area contributed by atoms with E-state index in [-0.39, 0.29) is 12.3 Å². The molecule has 1 rings (SSSR count). The Balaban J connectivity index is 2.51. The topological polar surface area (TPSA) is 75.6 Å². The van der Waals surface area contributed by atoms with Gasteiger partial charge in [0.1, 0.15) is 11.8 Å². The molecular formula is C16H22BrNO4. The van der Waals surface area contributed by atoms with Crippen molar-refractivity contribution in [1.82, 2.24) is 5.32 Å². The zero-order chi connectivity index (χ0) is 16.5. The number of aryl methyl sites for hydroxylation is 1. The first-order valence-corrected chi connectivity index (χ1v) is 8.11. The van der Waals surface area contributed by atoms with Gasteiger partial charge in [-0.15, -0.1) is 0 Å². The van der Waals surface area contributed by atoms with E-state index in [0.717, 1.165) is 28.6 Å². The summed E-state index contributed by atoms with van der Waals surface area (Å²) in [5, 5.41) is 11.7. The third-order valence-corrected chi connectivity index (χ3v) is 3.96. The number of methoxy groups -OCH3 is 1. The van der Waals surface area contributed by atoms with Crippen LogP contribution in [-0.2, 0) is 16.0 Å². The monoisotopic (exact) mass is 371 g/mol. The van der Waals surface area contributed by atoms with Gasteiger partial charge in [-0.25, -0.2) is 4.79 Å². The van der Waals surface area contributed by atoms with Crippen LogP contribution in [-0.4, -0.2) is 30.1 Å². The molecule has 0 spiro atoms. The largest absolute Gasteiger partial charge is 0.496 e. The molecule has 1 aromatic carbocycles. The molecule has 0 saturated carbocycles. The van der Waals surface area contributed by atoms with Crippen molar-refractivity contribution in [2.24, 2.45) is 0 Å². The summed E-state index contributed by atoms with van der Waals surface area (Å²) < 4.78 is 5.98. The zero-order valence-electron chi connectivity index (χ0n) is 12.9. The number of carboxylic acids is 1. The Hall–Kier alpha value is -1.56. The number of carbonyl (C=O) groups excluding carboxylic acids is 1. The Kier molecular flexibility index (Phi) is 7.95. The van der Waals surface area contributed by atoms with Crippen molar-refractivity contribution in [3.63, 3.8) is 0 Å². The summed E-state index contributed by atoms with van der Waals surface area (Å²) >= 11 is 3.40. The maximum atomic E-state index is 11.9. The predicted molar refractivity (Wildman–Crippen MR) is 88.1 cm³/mol. The van der Waals surface area contributed by atoms with E-state index < -0.39 is 12.0 Å². The lowest BCUT2D eigenvalue weighted by Gasteiger charge is -2.14. The van der Waals surface area contributed by atoms with Crippen molar-refractivity contribution in [1.29, 1.82) is 0 Å². The van der Waals surface area contributed by atoms with Crippen molar-refractivity contribution >= 4 is 27.8 Å². The lowest BCUT2D eigenvalue weighted by molar-refractivity contribution is -0.142. The lowest BCUT2D eigenvalue weighted by Crippen LogP contribution is -2.40. The normalized spacial score (nSPS) is 11.8. The van der Waals surface area contributed by atoms with Gasteiger partial charge in [-0.2, -0.15) is 0 Å². The third kappa shape index (κ3) is 6.05. The number of unbranched alkanes of at least 4 members (excludes halogenated alkanes) is 1. The Bertz CT molecular complexity index is 519. The Morgan fingerprint density at radius 2 is 2.14 bits per heavy atom. The molecule has 1 atom stereocenters. The molecule has 0 fully saturated rings. The average Bonchev–Trinajstić information content (AvgIpc) is 2.49. The van der Waals surface area contributed by atoms with Gasteiger partial charge in [-0.1, -0.05) is 25.8 Å². The van der Waals surface area contributed by atoms with Crippen molar-refractivity contribution in [2.45, 2.75) is 45.1 Å². The summed E-state index contributed by atoms with van der Waals surface area (Å²) in [5.74, 6) is -0.483. The molecule has 1 amide bonds. The average molecular weight is 372 g/mol. The van der Waals surface area contributed by atoms with Crippen LogP contribution in [0.25, 0.3) is 0 Å². The van der Waals surface area contributed by atoms with Crippen molar-refractivity contribution < 1.29 is 19.4 Å². The molecule has 0 unspecified atom stereocenters. The summed E-state index contributed by atoms with van der Waals surface area (Å²) in [7, 11) is 1.59. The van der Waals surface area contributed by atoms with Crippen molar-refractivity contribution in [3.8, 4) is 5.75 Å². The molecule has 1 aromatic rings. The number of benzene rings is 1. The van der Waals surface area contributed by atoms with Crippen molar-refractivity contribution in [2.75, 3.05) is 7.11 Å². The molecule has 6 heteroatoms. The van der Waals surface area contributed by atoms with Gasteiger partial charge in [0.25, 0.3) is 0 Å². The first kappa shape index (κ1) is 18.5. The summed E-state index contributed by atoms with van der Waals surface area (Å²) in [6.07, 6.45) is 2.96. The van der Waals surface area contributed by atoms with Crippen LogP contribution in [0.15, 0.2) is 22.7 Å². The standard InChI is InChI=1S/C16H22BrNO4/c1-3-4-5-13(16(20)21)18-15(19)9-7-11-6-8-14(22-2)12(17)10-11/h6,8,10,13H,3-5,7,9H2,1-2H3,(H,18,19)(H,20,21)/t13-/m0/s1. The fraction of sp³-hybridized carbons (Fsp3) is 0.500. The van der Waals surface area contributed by atoms with Crippen LogP contribution in [0.5, 0.6) is 5.75 Å². The van der Waals surface area contributed by atoms with E-state index in [0.29, 0.717) is 12.8 Å². The number of ether oxygens (including phenoxy) is 1. The molecule has 2 N–H and O–H groups in total. The van der Waals surface area contributed by atoms with Gasteiger partial charge in [0.05, 0.1) is 11.6 Å². The van der Waals surface area contributed by atoms with E-state index in [9.17, 15) is 9.59 Å². The van der Waals surface area contributed by atoms with E-state index in [2.05, 4.69) is 21.2 Å². The summed E-state index contributed by atoms with van der Waals surface area (Å²) in [5.41, 5.74) is 0.989. The number of rotatable bonds is 9. The number of hydrogen-bond acceptors (Lipinski definition) is 3. The first-order chi connectivity index (χ1) is 10.5. The molecule has 0 heterocycles. The van der Waals surface area contributed by atoms with Gasteiger partial charge in [0.2, 0.25) is 5.91 Å². The van der Waals surface area contributed by atoms with Gasteiger partial charge in [-0.3, -0.25) is 4.79 Å². The van der Waals surface area contributed by atoms with Crippen LogP contribution in [0.3, 0.4) is 0 Å². The molecule has 0 bridgehead atoms. The Morgan fingerprint density at radius 3 is 2.68 bits per heavy atom. The molecule has 0 radical (unpaired) electrons. The molecule has 0 aliphatic carbocycles. The first-order valence-electron chi connectivity index (χ1n) is 7.32. The number of amides is 1. The van der Waals surface area contributed by atoms with E-state index in [1.807, 2.05) is 25.1 Å². The number of halogens is 1. The van der Waals surface area contributed by atoms with Crippen LogP contribution < -0.4 is 10.1 Å². The number of aliphatic carboxylic acids is 1. The molecule has 22 heavy (non-hydrogen) atoms. The highest BCUT2D eigenvalue weighted by molar-refractivity contribution is 9.10.